The van der Waals surface area contributed by atoms with E-state index >= 15 is 0 Å². The molecule has 0 fully saturated rings. The van der Waals surface area contributed by atoms with Crippen LogP contribution < -0.4 is 5.43 Å². The van der Waals surface area contributed by atoms with E-state index in [4.69, 9.17) is 32.2 Å². The smallest absolute Gasteiger partial charge is 0.302 e. The average molecular weight is 353 g/mol. The van der Waals surface area contributed by atoms with E-state index in [9.17, 15) is 9.36 Å². The van der Waals surface area contributed by atoms with Crippen molar-refractivity contribution in [3.05, 3.63) is 33.8 Å². The number of hydrazone groups is 1. The molecule has 6 nitrogen and oxygen atoms in total. The second-order valence-corrected chi connectivity index (χ2v) is 6.44. The predicted molar refractivity (Wildman–Crippen MR) is 83.4 cm³/mol. The van der Waals surface area contributed by atoms with Gasteiger partial charge in [0.15, 0.2) is 0 Å². The Morgan fingerprint density at radius 2 is 1.95 bits per heavy atom. The van der Waals surface area contributed by atoms with E-state index in [1.807, 2.05) is 0 Å². The van der Waals surface area contributed by atoms with Crippen LogP contribution in [0.4, 0.5) is 4.79 Å². The molecular weight excluding hydrogens is 338 g/mol. The van der Waals surface area contributed by atoms with Crippen LogP contribution in [0.25, 0.3) is 0 Å². The summed E-state index contributed by atoms with van der Waals surface area (Å²) in [5.41, 5.74) is 1.72. The Kier molecular flexibility index (Phi) is 7.35. The van der Waals surface area contributed by atoms with E-state index in [0.717, 1.165) is 0 Å². The molecule has 1 amide bonds. The van der Waals surface area contributed by atoms with E-state index < -0.39 is 13.2 Å². The molecule has 1 rings (SSSR count). The molecule has 0 bridgehead atoms. The van der Waals surface area contributed by atoms with Crippen LogP contribution in [-0.2, 0) is 13.6 Å². The Morgan fingerprint density at radius 3 is 2.48 bits per heavy atom. The zero-order chi connectivity index (χ0) is 15.9. The quantitative estimate of drug-likeness (QED) is 0.450. The molecule has 0 saturated heterocycles. The molecule has 0 heterocycles. The van der Waals surface area contributed by atoms with Gasteiger partial charge in [-0.3, -0.25) is 4.79 Å². The SMILES string of the molecule is CCOP(=O)(OCC)C(=O)NN=Cc1ccc(Cl)cc1Cl. The van der Waals surface area contributed by atoms with Crippen molar-refractivity contribution in [2.24, 2.45) is 5.10 Å². The normalized spacial score (nSPS) is 11.8. The molecule has 1 aromatic rings. The lowest BCUT2D eigenvalue weighted by molar-refractivity contribution is 0.207. The highest BCUT2D eigenvalue weighted by atomic mass is 35.5. The van der Waals surface area contributed by atoms with Gasteiger partial charge >= 0.3 is 13.2 Å². The van der Waals surface area contributed by atoms with Crippen molar-refractivity contribution in [2.45, 2.75) is 13.8 Å². The van der Waals surface area contributed by atoms with Crippen molar-refractivity contribution in [3.63, 3.8) is 0 Å². The van der Waals surface area contributed by atoms with Crippen LogP contribution >= 0.6 is 30.8 Å². The summed E-state index contributed by atoms with van der Waals surface area (Å²) in [4.78, 5) is 11.8. The third-order valence-electron chi connectivity index (χ3n) is 2.17. The van der Waals surface area contributed by atoms with Gasteiger partial charge in [-0.25, -0.2) is 9.99 Å². The van der Waals surface area contributed by atoms with Gasteiger partial charge in [-0.2, -0.15) is 5.10 Å². The minimum absolute atomic E-state index is 0.0808. The van der Waals surface area contributed by atoms with Crippen LogP contribution in [0, 0.1) is 0 Å². The first-order valence-corrected chi connectivity index (χ1v) is 8.40. The van der Waals surface area contributed by atoms with Crippen molar-refractivity contribution in [1.29, 1.82) is 0 Å². The lowest BCUT2D eigenvalue weighted by Gasteiger charge is -2.14. The minimum atomic E-state index is -3.87. The number of hydrogen-bond donors (Lipinski definition) is 1. The topological polar surface area (TPSA) is 77.0 Å². The van der Waals surface area contributed by atoms with E-state index in [-0.39, 0.29) is 13.2 Å². The molecule has 0 radical (unpaired) electrons. The maximum absolute atomic E-state index is 12.1. The first-order valence-electron chi connectivity index (χ1n) is 6.10. The Hall–Kier alpha value is -0.910. The Bertz CT molecular complexity index is 570. The number of hydrogen-bond acceptors (Lipinski definition) is 5. The summed E-state index contributed by atoms with van der Waals surface area (Å²) in [6.07, 6.45) is 1.30. The maximum Gasteiger partial charge on any atom is 0.420 e. The van der Waals surface area contributed by atoms with E-state index in [1.165, 1.54) is 12.3 Å². The molecule has 9 heteroatoms. The van der Waals surface area contributed by atoms with Crippen molar-refractivity contribution in [3.8, 4) is 0 Å². The van der Waals surface area contributed by atoms with E-state index in [2.05, 4.69) is 10.5 Å². The van der Waals surface area contributed by atoms with Gasteiger partial charge in [0, 0.05) is 10.6 Å². The molecule has 116 valence electrons. The van der Waals surface area contributed by atoms with Crippen LogP contribution in [0.1, 0.15) is 19.4 Å². The first kappa shape index (κ1) is 18.1. The van der Waals surface area contributed by atoms with Gasteiger partial charge in [0.1, 0.15) is 0 Å². The van der Waals surface area contributed by atoms with Gasteiger partial charge in [-0.15, -0.1) is 0 Å². The number of carbonyl (C=O) groups is 1. The van der Waals surface area contributed by atoms with Gasteiger partial charge in [-0.05, 0) is 26.0 Å². The van der Waals surface area contributed by atoms with Crippen LogP contribution in [0.15, 0.2) is 23.3 Å². The van der Waals surface area contributed by atoms with Crippen molar-refractivity contribution >= 4 is 42.7 Å². The van der Waals surface area contributed by atoms with E-state index in [1.54, 1.807) is 26.0 Å². The van der Waals surface area contributed by atoms with Crippen molar-refractivity contribution in [2.75, 3.05) is 13.2 Å². The summed E-state index contributed by atoms with van der Waals surface area (Å²) in [6, 6.07) is 4.80. The summed E-state index contributed by atoms with van der Waals surface area (Å²) in [5, 5.41) is 4.54. The van der Waals surface area contributed by atoms with Crippen LogP contribution in [0.3, 0.4) is 0 Å². The molecule has 0 atom stereocenters. The number of halogens is 2. The van der Waals surface area contributed by atoms with Crippen LogP contribution in [-0.4, -0.2) is 25.1 Å². The Morgan fingerprint density at radius 1 is 1.33 bits per heavy atom. The summed E-state index contributed by atoms with van der Waals surface area (Å²) in [6.45, 7) is 3.38. The Balaban J connectivity index is 2.74. The molecule has 0 aliphatic heterocycles. The summed E-state index contributed by atoms with van der Waals surface area (Å²) >= 11 is 11.7. The molecule has 0 spiro atoms. The zero-order valence-corrected chi connectivity index (χ0v) is 13.9. The lowest BCUT2D eigenvalue weighted by Crippen LogP contribution is -2.18. The molecular formula is C12H15Cl2N2O4P. The zero-order valence-electron chi connectivity index (χ0n) is 11.5. The third-order valence-corrected chi connectivity index (χ3v) is 4.53. The van der Waals surface area contributed by atoms with Crippen LogP contribution in [0.2, 0.25) is 10.0 Å². The number of amides is 1. The highest BCUT2D eigenvalue weighted by molar-refractivity contribution is 7.71. The average Bonchev–Trinajstić information content (AvgIpc) is 2.41. The molecule has 1 aromatic carbocycles. The molecule has 0 aromatic heterocycles. The number of benzene rings is 1. The summed E-state index contributed by atoms with van der Waals surface area (Å²) in [7, 11) is -3.87. The van der Waals surface area contributed by atoms with Crippen molar-refractivity contribution < 1.29 is 18.4 Å². The fourth-order valence-electron chi connectivity index (χ4n) is 1.32. The highest BCUT2D eigenvalue weighted by Gasteiger charge is 2.34. The second kappa shape index (κ2) is 8.51. The van der Waals surface area contributed by atoms with Crippen LogP contribution in [0.5, 0.6) is 0 Å². The monoisotopic (exact) mass is 352 g/mol. The van der Waals surface area contributed by atoms with Gasteiger partial charge in [0.25, 0.3) is 0 Å². The highest BCUT2D eigenvalue weighted by Crippen LogP contribution is 2.48. The number of carbonyl (C=O) groups excluding carboxylic acids is 1. The molecule has 0 saturated carbocycles. The molecule has 1 N–H and O–H groups in total. The number of rotatable bonds is 7. The van der Waals surface area contributed by atoms with E-state index in [0.29, 0.717) is 15.6 Å². The third kappa shape index (κ3) is 5.41. The van der Waals surface area contributed by atoms with Crippen molar-refractivity contribution in [1.82, 2.24) is 5.43 Å². The van der Waals surface area contributed by atoms with Gasteiger partial charge in [0.2, 0.25) is 0 Å². The fourth-order valence-corrected chi connectivity index (χ4v) is 2.95. The summed E-state index contributed by atoms with van der Waals surface area (Å²) < 4.78 is 21.8. The Labute approximate surface area is 132 Å². The van der Waals surface area contributed by atoms with Gasteiger partial charge in [0.05, 0.1) is 24.5 Å². The fraction of sp³-hybridized carbons (Fsp3) is 0.333. The minimum Gasteiger partial charge on any atom is -0.302 e. The summed E-state index contributed by atoms with van der Waals surface area (Å²) in [5.74, 6) is 0. The number of nitrogens with one attached hydrogen (secondary N) is 1. The van der Waals surface area contributed by atoms with Gasteiger partial charge < -0.3 is 9.05 Å². The maximum atomic E-state index is 12.1. The molecule has 0 aliphatic carbocycles. The second-order valence-electron chi connectivity index (χ2n) is 3.67. The largest absolute Gasteiger partial charge is 0.420 e. The standard InChI is InChI=1S/C12H15Cl2N2O4P/c1-3-19-21(18,20-4-2)12(17)16-15-8-9-5-6-10(13)7-11(9)14/h5-8H,3-4H2,1-2H3,(H,16,17). The predicted octanol–water partition coefficient (Wildman–Crippen LogP) is 4.30. The lowest BCUT2D eigenvalue weighted by atomic mass is 10.2. The first-order chi connectivity index (χ1) is 9.92. The molecule has 21 heavy (non-hydrogen) atoms. The molecule has 0 aliphatic rings. The molecule has 0 unspecified atom stereocenters. The van der Waals surface area contributed by atoms with Gasteiger partial charge in [-0.1, -0.05) is 29.3 Å². The number of nitrogens with zero attached hydrogens (tertiary/aromatic N) is 1.